The molecule has 1 amide bonds. The molecule has 72 valence electrons. The number of carbonyl (C=O) groups excluding carboxylic acids is 1. The van der Waals surface area contributed by atoms with Gasteiger partial charge in [-0.3, -0.25) is 4.79 Å². The average molecular weight is 180 g/mol. The lowest BCUT2D eigenvalue weighted by Crippen LogP contribution is -2.35. The number of hydrogen-bond acceptors (Lipinski definition) is 2. The molecule has 2 N–H and O–H groups in total. The van der Waals surface area contributed by atoms with Crippen molar-refractivity contribution in [2.24, 2.45) is 0 Å². The summed E-state index contributed by atoms with van der Waals surface area (Å²) in [5.41, 5.74) is 0. The molecular weight excluding hydrogens is 164 g/mol. The highest BCUT2D eigenvalue weighted by Crippen LogP contribution is 2.04. The third-order valence-corrected chi connectivity index (χ3v) is 2.08. The second-order valence-electron chi connectivity index (χ2n) is 3.18. The summed E-state index contributed by atoms with van der Waals surface area (Å²) in [6.07, 6.45) is 2.53. The van der Waals surface area contributed by atoms with Gasteiger partial charge in [-0.25, -0.2) is 0 Å². The molecule has 0 aliphatic carbocycles. The van der Waals surface area contributed by atoms with Crippen molar-refractivity contribution in [3.63, 3.8) is 0 Å². The molecule has 3 nitrogen and oxygen atoms in total. The lowest BCUT2D eigenvalue weighted by molar-refractivity contribution is -0.119. The van der Waals surface area contributed by atoms with E-state index in [2.05, 4.69) is 22.5 Å². The minimum absolute atomic E-state index is 0.181. The van der Waals surface area contributed by atoms with E-state index >= 15 is 0 Å². The van der Waals surface area contributed by atoms with Gasteiger partial charge in [0.25, 0.3) is 0 Å². The van der Waals surface area contributed by atoms with E-state index in [0.29, 0.717) is 12.5 Å². The van der Waals surface area contributed by atoms with Gasteiger partial charge in [0.05, 0.1) is 0 Å². The van der Waals surface area contributed by atoms with Crippen LogP contribution in [0.2, 0.25) is 0 Å². The largest absolute Gasteiger partial charge is 0.352 e. The van der Waals surface area contributed by atoms with E-state index in [9.17, 15) is 4.79 Å². The third kappa shape index (κ3) is 3.95. The summed E-state index contributed by atoms with van der Waals surface area (Å²) in [6.45, 7) is 3.63. The fourth-order valence-electron chi connectivity index (χ4n) is 1.38. The first-order valence-corrected chi connectivity index (χ1v) is 4.72. The number of amides is 1. The lowest BCUT2D eigenvalue weighted by atomic mass is 10.2. The first kappa shape index (κ1) is 10.1. The van der Waals surface area contributed by atoms with Gasteiger partial charge < -0.3 is 10.6 Å². The maximum Gasteiger partial charge on any atom is 0.220 e. The van der Waals surface area contributed by atoms with Gasteiger partial charge in [-0.1, -0.05) is 0 Å². The van der Waals surface area contributed by atoms with Gasteiger partial charge in [0.15, 0.2) is 0 Å². The molecule has 0 aromatic heterocycles. The minimum atomic E-state index is 0.181. The molecule has 0 radical (unpaired) electrons. The zero-order chi connectivity index (χ0) is 9.52. The number of hydrogen-bond donors (Lipinski definition) is 2. The van der Waals surface area contributed by atoms with E-state index in [1.54, 1.807) is 0 Å². The summed E-state index contributed by atoms with van der Waals surface area (Å²) >= 11 is 0. The highest BCUT2D eigenvalue weighted by molar-refractivity contribution is 5.78. The first-order chi connectivity index (χ1) is 6.33. The molecule has 1 fully saturated rings. The number of nitrogens with one attached hydrogen (secondary N) is 2. The Labute approximate surface area is 79.3 Å². The SMILES string of the molecule is CC#CCCNCC1CCC(=O)N1. The zero-order valence-corrected chi connectivity index (χ0v) is 8.02. The average Bonchev–Trinajstić information content (AvgIpc) is 2.51. The van der Waals surface area contributed by atoms with E-state index in [-0.39, 0.29) is 5.91 Å². The molecule has 1 atom stereocenters. The normalized spacial score (nSPS) is 20.7. The molecule has 0 saturated carbocycles. The van der Waals surface area contributed by atoms with Crippen molar-refractivity contribution in [1.29, 1.82) is 0 Å². The Hall–Kier alpha value is -1.01. The van der Waals surface area contributed by atoms with Gasteiger partial charge in [0.1, 0.15) is 0 Å². The first-order valence-electron chi connectivity index (χ1n) is 4.72. The van der Waals surface area contributed by atoms with Crippen molar-refractivity contribution in [3.8, 4) is 11.8 Å². The Morgan fingerprint density at radius 1 is 1.69 bits per heavy atom. The summed E-state index contributed by atoms with van der Waals surface area (Å²) in [4.78, 5) is 10.8. The fraction of sp³-hybridized carbons (Fsp3) is 0.700. The van der Waals surface area contributed by atoms with Crippen LogP contribution in [0.5, 0.6) is 0 Å². The van der Waals surface area contributed by atoms with Crippen LogP contribution in [0, 0.1) is 11.8 Å². The maximum atomic E-state index is 10.8. The Balaban J connectivity index is 1.99. The topological polar surface area (TPSA) is 41.1 Å². The molecule has 1 unspecified atom stereocenters. The fourth-order valence-corrected chi connectivity index (χ4v) is 1.38. The Morgan fingerprint density at radius 3 is 3.15 bits per heavy atom. The predicted octanol–water partition coefficient (Wildman–Crippen LogP) is 0.268. The second kappa shape index (κ2) is 5.60. The zero-order valence-electron chi connectivity index (χ0n) is 8.02. The van der Waals surface area contributed by atoms with E-state index in [1.807, 2.05) is 6.92 Å². The van der Waals surface area contributed by atoms with Gasteiger partial charge in [-0.2, -0.15) is 0 Å². The van der Waals surface area contributed by atoms with Crippen LogP contribution in [0.3, 0.4) is 0 Å². The van der Waals surface area contributed by atoms with Crippen LogP contribution in [0.4, 0.5) is 0 Å². The van der Waals surface area contributed by atoms with Crippen molar-refractivity contribution < 1.29 is 4.79 Å². The summed E-state index contributed by atoms with van der Waals surface area (Å²) in [7, 11) is 0. The standard InChI is InChI=1S/C10H16N2O/c1-2-3-4-7-11-8-9-5-6-10(13)12-9/h9,11H,4-8H2,1H3,(H,12,13). The number of rotatable bonds is 4. The molecule has 3 heteroatoms. The summed E-state index contributed by atoms with van der Waals surface area (Å²) in [6, 6.07) is 0.335. The van der Waals surface area contributed by atoms with Crippen molar-refractivity contribution in [2.45, 2.75) is 32.2 Å². The quantitative estimate of drug-likeness (QED) is 0.481. The molecule has 1 aliphatic rings. The third-order valence-electron chi connectivity index (χ3n) is 2.08. The Kier molecular flexibility index (Phi) is 4.34. The van der Waals surface area contributed by atoms with Crippen molar-refractivity contribution >= 4 is 5.91 Å². The molecule has 0 aromatic carbocycles. The van der Waals surface area contributed by atoms with Crippen molar-refractivity contribution in [3.05, 3.63) is 0 Å². The molecule has 0 bridgehead atoms. The summed E-state index contributed by atoms with van der Waals surface area (Å²) in [5.74, 6) is 6.01. The predicted molar refractivity (Wildman–Crippen MR) is 52.1 cm³/mol. The summed E-state index contributed by atoms with van der Waals surface area (Å²) < 4.78 is 0. The van der Waals surface area contributed by atoms with Gasteiger partial charge in [-0.15, -0.1) is 11.8 Å². The van der Waals surface area contributed by atoms with Crippen LogP contribution < -0.4 is 10.6 Å². The molecular formula is C10H16N2O. The van der Waals surface area contributed by atoms with Gasteiger partial charge in [0.2, 0.25) is 5.91 Å². The summed E-state index contributed by atoms with van der Waals surface area (Å²) in [5, 5.41) is 6.17. The molecule has 1 heterocycles. The highest BCUT2D eigenvalue weighted by Gasteiger charge is 2.19. The highest BCUT2D eigenvalue weighted by atomic mass is 16.1. The van der Waals surface area contributed by atoms with Crippen LogP contribution in [0.15, 0.2) is 0 Å². The van der Waals surface area contributed by atoms with Crippen molar-refractivity contribution in [2.75, 3.05) is 13.1 Å². The second-order valence-corrected chi connectivity index (χ2v) is 3.18. The smallest absolute Gasteiger partial charge is 0.220 e. The number of carbonyl (C=O) groups is 1. The van der Waals surface area contributed by atoms with Crippen LogP contribution in [0.1, 0.15) is 26.2 Å². The minimum Gasteiger partial charge on any atom is -0.352 e. The molecule has 1 rings (SSSR count). The van der Waals surface area contributed by atoms with Crippen LogP contribution >= 0.6 is 0 Å². The lowest BCUT2D eigenvalue weighted by Gasteiger charge is -2.09. The molecule has 1 aliphatic heterocycles. The van der Waals surface area contributed by atoms with Gasteiger partial charge >= 0.3 is 0 Å². The van der Waals surface area contributed by atoms with Crippen molar-refractivity contribution in [1.82, 2.24) is 10.6 Å². The van der Waals surface area contributed by atoms with Gasteiger partial charge in [-0.05, 0) is 13.3 Å². The Morgan fingerprint density at radius 2 is 2.54 bits per heavy atom. The van der Waals surface area contributed by atoms with E-state index < -0.39 is 0 Å². The molecule has 0 spiro atoms. The van der Waals surface area contributed by atoms with E-state index in [0.717, 1.165) is 25.9 Å². The van der Waals surface area contributed by atoms with E-state index in [4.69, 9.17) is 0 Å². The maximum absolute atomic E-state index is 10.8. The van der Waals surface area contributed by atoms with E-state index in [1.165, 1.54) is 0 Å². The Bertz CT molecular complexity index is 227. The van der Waals surface area contributed by atoms with Crippen LogP contribution in [-0.4, -0.2) is 25.0 Å². The molecule has 1 saturated heterocycles. The monoisotopic (exact) mass is 180 g/mol. The molecule has 13 heavy (non-hydrogen) atoms. The van der Waals surface area contributed by atoms with Crippen LogP contribution in [0.25, 0.3) is 0 Å². The molecule has 0 aromatic rings. The van der Waals surface area contributed by atoms with Gasteiger partial charge in [0, 0.05) is 32.0 Å². The van der Waals surface area contributed by atoms with Crippen LogP contribution in [-0.2, 0) is 4.79 Å².